The molecule has 8 nitrogen and oxygen atoms in total. The zero-order chi connectivity index (χ0) is 28.4. The Morgan fingerprint density at radius 1 is 0.925 bits per heavy atom. The fourth-order valence-corrected chi connectivity index (χ4v) is 5.49. The lowest BCUT2D eigenvalue weighted by Crippen LogP contribution is -2.50. The summed E-state index contributed by atoms with van der Waals surface area (Å²) in [6.07, 6.45) is 0. The first-order valence-electron chi connectivity index (χ1n) is 14.0. The molecule has 0 radical (unpaired) electrons. The number of ether oxygens (including phenoxy) is 1. The molecule has 3 aromatic rings. The standard InChI is InChI=1S/C32H39N5O3/c1-22(2)35-16-18-36(19-17-35)32(39)25-8-10-26(11-9-25)33-27-12-15-29-30(20-27)37(23(3)31(38)34(29)4)21-24-6-13-28(40-5)14-7-24/h6-15,20,22-23,33H,16-19,21H2,1-5H3. The number of piperazine rings is 1. The lowest BCUT2D eigenvalue weighted by Gasteiger charge is -2.40. The van der Waals surface area contributed by atoms with Crippen LogP contribution in [0.1, 0.15) is 36.7 Å². The third kappa shape index (κ3) is 5.63. The smallest absolute Gasteiger partial charge is 0.253 e. The first kappa shape index (κ1) is 27.5. The van der Waals surface area contributed by atoms with Gasteiger partial charge in [0.05, 0.1) is 18.5 Å². The van der Waals surface area contributed by atoms with Crippen LogP contribution < -0.4 is 19.9 Å². The maximum absolute atomic E-state index is 13.1. The van der Waals surface area contributed by atoms with Crippen LogP contribution in [0.3, 0.4) is 0 Å². The van der Waals surface area contributed by atoms with E-state index in [1.165, 1.54) is 0 Å². The monoisotopic (exact) mass is 541 g/mol. The van der Waals surface area contributed by atoms with Crippen LogP contribution >= 0.6 is 0 Å². The van der Waals surface area contributed by atoms with Crippen LogP contribution in [-0.2, 0) is 11.3 Å². The van der Waals surface area contributed by atoms with Crippen molar-refractivity contribution in [2.24, 2.45) is 0 Å². The summed E-state index contributed by atoms with van der Waals surface area (Å²) >= 11 is 0. The SMILES string of the molecule is COc1ccc(CN2c3cc(Nc4ccc(C(=O)N5CCN(C(C)C)CC5)cc4)ccc3N(C)C(=O)C2C)cc1. The van der Waals surface area contributed by atoms with Crippen LogP contribution in [0.2, 0.25) is 0 Å². The Balaban J connectivity index is 1.31. The highest BCUT2D eigenvalue weighted by Gasteiger charge is 2.33. The zero-order valence-corrected chi connectivity index (χ0v) is 24.1. The van der Waals surface area contributed by atoms with Gasteiger partial charge in [0, 0.05) is 62.8 Å². The molecule has 0 saturated carbocycles. The number of hydrogen-bond donors (Lipinski definition) is 1. The van der Waals surface area contributed by atoms with Crippen molar-refractivity contribution >= 4 is 34.6 Å². The molecule has 2 amide bonds. The van der Waals surface area contributed by atoms with Gasteiger partial charge in [-0.15, -0.1) is 0 Å². The number of amides is 2. The van der Waals surface area contributed by atoms with Gasteiger partial charge in [0.25, 0.3) is 5.91 Å². The number of carbonyl (C=O) groups is 2. The minimum atomic E-state index is -0.303. The van der Waals surface area contributed by atoms with Gasteiger partial charge in [0.15, 0.2) is 0 Å². The number of benzene rings is 3. The summed E-state index contributed by atoms with van der Waals surface area (Å²) in [4.78, 5) is 34.3. The van der Waals surface area contributed by atoms with Gasteiger partial charge in [-0.1, -0.05) is 12.1 Å². The molecule has 0 spiro atoms. The largest absolute Gasteiger partial charge is 0.497 e. The minimum Gasteiger partial charge on any atom is -0.497 e. The highest BCUT2D eigenvalue weighted by molar-refractivity contribution is 6.05. The van der Waals surface area contributed by atoms with Crippen molar-refractivity contribution in [3.63, 3.8) is 0 Å². The number of nitrogens with one attached hydrogen (secondary N) is 1. The van der Waals surface area contributed by atoms with E-state index in [1.54, 1.807) is 12.0 Å². The molecule has 2 heterocycles. The average molecular weight is 542 g/mol. The maximum atomic E-state index is 13.1. The minimum absolute atomic E-state index is 0.0626. The normalized spacial score (nSPS) is 17.7. The molecule has 0 bridgehead atoms. The van der Waals surface area contributed by atoms with E-state index in [-0.39, 0.29) is 17.9 Å². The second kappa shape index (κ2) is 11.6. The summed E-state index contributed by atoms with van der Waals surface area (Å²) in [5.41, 5.74) is 5.48. The van der Waals surface area contributed by atoms with Crippen molar-refractivity contribution in [2.75, 3.05) is 55.5 Å². The zero-order valence-electron chi connectivity index (χ0n) is 24.1. The van der Waals surface area contributed by atoms with Crippen LogP contribution in [0.25, 0.3) is 0 Å². The van der Waals surface area contributed by atoms with E-state index in [9.17, 15) is 9.59 Å². The summed E-state index contributed by atoms with van der Waals surface area (Å²) < 4.78 is 5.30. The maximum Gasteiger partial charge on any atom is 0.253 e. The van der Waals surface area contributed by atoms with E-state index in [0.717, 1.165) is 60.2 Å². The molecule has 0 aromatic heterocycles. The molecule has 8 heteroatoms. The second-order valence-corrected chi connectivity index (χ2v) is 10.9. The summed E-state index contributed by atoms with van der Waals surface area (Å²) in [5.74, 6) is 0.951. The van der Waals surface area contributed by atoms with Gasteiger partial charge >= 0.3 is 0 Å². The molecule has 5 rings (SSSR count). The van der Waals surface area contributed by atoms with E-state index in [4.69, 9.17) is 4.74 Å². The highest BCUT2D eigenvalue weighted by Crippen LogP contribution is 2.39. The Hall–Kier alpha value is -4.04. The van der Waals surface area contributed by atoms with Crippen molar-refractivity contribution < 1.29 is 14.3 Å². The number of hydrogen-bond acceptors (Lipinski definition) is 6. The lowest BCUT2D eigenvalue weighted by atomic mass is 10.0. The third-order valence-electron chi connectivity index (χ3n) is 8.07. The van der Waals surface area contributed by atoms with Crippen LogP contribution in [-0.4, -0.2) is 74.0 Å². The molecule has 3 aromatic carbocycles. The molecule has 2 aliphatic heterocycles. The molecule has 1 atom stereocenters. The summed E-state index contributed by atoms with van der Waals surface area (Å²) in [6, 6.07) is 21.9. The highest BCUT2D eigenvalue weighted by atomic mass is 16.5. The molecule has 210 valence electrons. The number of fused-ring (bicyclic) bond motifs is 1. The molecular formula is C32H39N5O3. The molecule has 0 aliphatic carbocycles. The topological polar surface area (TPSA) is 68.4 Å². The lowest BCUT2D eigenvalue weighted by molar-refractivity contribution is -0.119. The van der Waals surface area contributed by atoms with Crippen molar-refractivity contribution in [2.45, 2.75) is 39.4 Å². The molecular weight excluding hydrogens is 502 g/mol. The van der Waals surface area contributed by atoms with Crippen molar-refractivity contribution in [1.29, 1.82) is 0 Å². The van der Waals surface area contributed by atoms with Gasteiger partial charge in [-0.05, 0) is 80.9 Å². The predicted molar refractivity (Wildman–Crippen MR) is 161 cm³/mol. The molecule has 1 saturated heterocycles. The van der Waals surface area contributed by atoms with Crippen LogP contribution in [0.15, 0.2) is 66.7 Å². The fourth-order valence-electron chi connectivity index (χ4n) is 5.49. The van der Waals surface area contributed by atoms with Crippen molar-refractivity contribution in [3.05, 3.63) is 77.9 Å². The Labute approximate surface area is 237 Å². The number of carbonyl (C=O) groups excluding carboxylic acids is 2. The van der Waals surface area contributed by atoms with Gasteiger partial charge in [0.2, 0.25) is 5.91 Å². The van der Waals surface area contributed by atoms with Crippen LogP contribution in [0.4, 0.5) is 22.7 Å². The fraction of sp³-hybridized carbons (Fsp3) is 0.375. The Kier molecular flexibility index (Phi) is 7.98. The van der Waals surface area contributed by atoms with E-state index >= 15 is 0 Å². The molecule has 40 heavy (non-hydrogen) atoms. The third-order valence-corrected chi connectivity index (χ3v) is 8.07. The molecule has 2 aliphatic rings. The Morgan fingerprint density at radius 2 is 1.57 bits per heavy atom. The quantitative estimate of drug-likeness (QED) is 0.455. The molecule has 1 unspecified atom stereocenters. The number of rotatable bonds is 7. The summed E-state index contributed by atoms with van der Waals surface area (Å²) in [6.45, 7) is 10.3. The van der Waals surface area contributed by atoms with E-state index in [1.807, 2.05) is 79.5 Å². The Morgan fingerprint density at radius 3 is 2.20 bits per heavy atom. The van der Waals surface area contributed by atoms with Gasteiger partial charge < -0.3 is 24.8 Å². The number of methoxy groups -OCH3 is 1. The summed E-state index contributed by atoms with van der Waals surface area (Å²) in [7, 11) is 3.48. The van der Waals surface area contributed by atoms with Crippen LogP contribution in [0, 0.1) is 0 Å². The number of anilines is 4. The van der Waals surface area contributed by atoms with Gasteiger partial charge in [-0.3, -0.25) is 14.5 Å². The number of nitrogens with zero attached hydrogens (tertiary/aromatic N) is 4. The summed E-state index contributed by atoms with van der Waals surface area (Å²) in [5, 5.41) is 3.48. The average Bonchev–Trinajstić information content (AvgIpc) is 2.98. The van der Waals surface area contributed by atoms with E-state index in [2.05, 4.69) is 35.0 Å². The van der Waals surface area contributed by atoms with Crippen molar-refractivity contribution in [3.8, 4) is 5.75 Å². The number of likely N-dealkylation sites (N-methyl/N-ethyl adjacent to an activating group) is 1. The Bertz CT molecular complexity index is 1350. The molecule has 1 N–H and O–H groups in total. The van der Waals surface area contributed by atoms with Gasteiger partial charge in [-0.25, -0.2) is 0 Å². The van der Waals surface area contributed by atoms with Crippen molar-refractivity contribution in [1.82, 2.24) is 9.80 Å². The first-order chi connectivity index (χ1) is 19.2. The van der Waals surface area contributed by atoms with E-state index < -0.39 is 0 Å². The van der Waals surface area contributed by atoms with E-state index in [0.29, 0.717) is 18.2 Å². The second-order valence-electron chi connectivity index (χ2n) is 10.9. The van der Waals surface area contributed by atoms with Gasteiger partial charge in [0.1, 0.15) is 11.8 Å². The molecule has 1 fully saturated rings. The van der Waals surface area contributed by atoms with Gasteiger partial charge in [-0.2, -0.15) is 0 Å². The first-order valence-corrected chi connectivity index (χ1v) is 14.0. The van der Waals surface area contributed by atoms with Crippen LogP contribution in [0.5, 0.6) is 5.75 Å². The predicted octanol–water partition coefficient (Wildman–Crippen LogP) is 4.98.